The predicted molar refractivity (Wildman–Crippen MR) is 107 cm³/mol. The predicted octanol–water partition coefficient (Wildman–Crippen LogP) is 3.36. The van der Waals surface area contributed by atoms with E-state index < -0.39 is 0 Å². The molecule has 3 aromatic heterocycles. The van der Waals surface area contributed by atoms with Crippen molar-refractivity contribution in [2.75, 3.05) is 6.54 Å². The summed E-state index contributed by atoms with van der Waals surface area (Å²) >= 11 is 0. The van der Waals surface area contributed by atoms with E-state index in [-0.39, 0.29) is 11.8 Å². The highest BCUT2D eigenvalue weighted by atomic mass is 16.4. The van der Waals surface area contributed by atoms with Gasteiger partial charge < -0.3 is 9.73 Å². The first kappa shape index (κ1) is 19.3. The second-order valence-electron chi connectivity index (χ2n) is 7.57. The van der Waals surface area contributed by atoms with Gasteiger partial charge in [-0.1, -0.05) is 6.07 Å². The Labute approximate surface area is 169 Å². The molecule has 1 saturated carbocycles. The first-order valence-electron chi connectivity index (χ1n) is 10.2. The largest absolute Gasteiger partial charge is 0.419 e. The molecule has 0 bridgehead atoms. The third-order valence-corrected chi connectivity index (χ3v) is 5.59. The molecule has 0 aromatic carbocycles. The van der Waals surface area contributed by atoms with Crippen molar-refractivity contribution in [3.8, 4) is 11.6 Å². The summed E-state index contributed by atoms with van der Waals surface area (Å²) in [4.78, 5) is 16.7. The van der Waals surface area contributed by atoms with Crippen molar-refractivity contribution in [2.45, 2.75) is 52.0 Å². The maximum Gasteiger partial charge on any atom is 0.266 e. The number of rotatable bonds is 6. The molecule has 1 amide bonds. The van der Waals surface area contributed by atoms with E-state index >= 15 is 0 Å². The quantitative estimate of drug-likeness (QED) is 0.688. The van der Waals surface area contributed by atoms with E-state index in [1.807, 2.05) is 38.2 Å². The number of hydrogen-bond acceptors (Lipinski definition) is 6. The van der Waals surface area contributed by atoms with Gasteiger partial charge in [-0.2, -0.15) is 5.10 Å². The van der Waals surface area contributed by atoms with E-state index in [4.69, 9.17) is 4.42 Å². The van der Waals surface area contributed by atoms with Gasteiger partial charge >= 0.3 is 0 Å². The lowest BCUT2D eigenvalue weighted by Gasteiger charge is -2.26. The molecule has 0 spiro atoms. The average Bonchev–Trinajstić information content (AvgIpc) is 3.40. The van der Waals surface area contributed by atoms with Crippen LogP contribution in [0.25, 0.3) is 11.6 Å². The average molecular weight is 394 g/mol. The number of amides is 1. The topological polar surface area (TPSA) is 98.7 Å². The second-order valence-corrected chi connectivity index (χ2v) is 7.57. The standard InChI is InChI=1S/C21H26N6O2/c1-3-27-13-17(14(2)26-27)19(28)23-12-15-7-9-16(10-8-15)20-24-25-21(29-20)18-6-4-5-11-22-18/h4-6,11,13,15-16H,3,7-10,12H2,1-2H3,(H,23,28). The second kappa shape index (κ2) is 8.55. The monoisotopic (exact) mass is 394 g/mol. The number of aryl methyl sites for hydroxylation is 2. The van der Waals surface area contributed by atoms with E-state index in [9.17, 15) is 4.79 Å². The smallest absolute Gasteiger partial charge is 0.266 e. The molecule has 152 valence electrons. The fraction of sp³-hybridized carbons (Fsp3) is 0.476. The number of hydrogen-bond donors (Lipinski definition) is 1. The fourth-order valence-electron chi connectivity index (χ4n) is 3.84. The van der Waals surface area contributed by atoms with Gasteiger partial charge in [-0.25, -0.2) is 0 Å². The van der Waals surface area contributed by atoms with Gasteiger partial charge in [-0.15, -0.1) is 10.2 Å². The molecule has 1 fully saturated rings. The summed E-state index contributed by atoms with van der Waals surface area (Å²) in [5, 5.41) is 15.8. The molecule has 4 rings (SSSR count). The molecular weight excluding hydrogens is 368 g/mol. The van der Waals surface area contributed by atoms with Gasteiger partial charge in [0.05, 0.1) is 11.3 Å². The third-order valence-electron chi connectivity index (χ3n) is 5.59. The van der Waals surface area contributed by atoms with Gasteiger partial charge in [0.1, 0.15) is 5.69 Å². The Balaban J connectivity index is 1.28. The van der Waals surface area contributed by atoms with Crippen molar-refractivity contribution in [3.63, 3.8) is 0 Å². The highest BCUT2D eigenvalue weighted by Gasteiger charge is 2.27. The van der Waals surface area contributed by atoms with Crippen LogP contribution in [0.3, 0.4) is 0 Å². The number of carbonyl (C=O) groups is 1. The zero-order chi connectivity index (χ0) is 20.2. The Kier molecular flexibility index (Phi) is 5.69. The lowest BCUT2D eigenvalue weighted by molar-refractivity contribution is 0.0941. The number of nitrogens with zero attached hydrogens (tertiary/aromatic N) is 5. The van der Waals surface area contributed by atoms with Crippen LogP contribution >= 0.6 is 0 Å². The Hall–Kier alpha value is -3.03. The van der Waals surface area contributed by atoms with Crippen LogP contribution in [-0.4, -0.2) is 37.4 Å². The van der Waals surface area contributed by atoms with Crippen LogP contribution in [0.5, 0.6) is 0 Å². The molecule has 8 heteroatoms. The van der Waals surface area contributed by atoms with E-state index in [1.165, 1.54) is 0 Å². The van der Waals surface area contributed by atoms with E-state index in [0.717, 1.165) is 37.9 Å². The lowest BCUT2D eigenvalue weighted by atomic mass is 9.82. The van der Waals surface area contributed by atoms with Gasteiger partial charge in [-0.05, 0) is 57.6 Å². The Morgan fingerprint density at radius 2 is 2.07 bits per heavy atom. The number of nitrogens with one attached hydrogen (secondary N) is 1. The van der Waals surface area contributed by atoms with Crippen LogP contribution < -0.4 is 5.32 Å². The number of aromatic nitrogens is 5. The van der Waals surface area contributed by atoms with Gasteiger partial charge in [0.2, 0.25) is 5.89 Å². The van der Waals surface area contributed by atoms with Crippen LogP contribution in [0.1, 0.15) is 60.5 Å². The summed E-state index contributed by atoms with van der Waals surface area (Å²) in [5.74, 6) is 1.86. The minimum absolute atomic E-state index is 0.0405. The van der Waals surface area contributed by atoms with Crippen LogP contribution in [0.4, 0.5) is 0 Å². The summed E-state index contributed by atoms with van der Waals surface area (Å²) in [7, 11) is 0. The zero-order valence-electron chi connectivity index (χ0n) is 16.8. The van der Waals surface area contributed by atoms with Crippen molar-refractivity contribution in [3.05, 3.63) is 47.7 Å². The van der Waals surface area contributed by atoms with Gasteiger partial charge in [-0.3, -0.25) is 14.5 Å². The molecule has 1 N–H and O–H groups in total. The molecule has 0 aliphatic heterocycles. The number of carbonyl (C=O) groups excluding carboxylic acids is 1. The molecule has 3 aromatic rings. The molecule has 1 aliphatic rings. The van der Waals surface area contributed by atoms with Crippen molar-refractivity contribution in [1.29, 1.82) is 0 Å². The maximum atomic E-state index is 12.5. The molecule has 0 atom stereocenters. The van der Waals surface area contributed by atoms with Crippen LogP contribution in [0, 0.1) is 12.8 Å². The van der Waals surface area contributed by atoms with E-state index in [1.54, 1.807) is 10.9 Å². The SMILES string of the molecule is CCn1cc(C(=O)NCC2CCC(c3nnc(-c4ccccn4)o3)CC2)c(C)n1. The third kappa shape index (κ3) is 4.36. The van der Waals surface area contributed by atoms with Crippen LogP contribution in [0.2, 0.25) is 0 Å². The van der Waals surface area contributed by atoms with Gasteiger partial charge in [0.15, 0.2) is 0 Å². The van der Waals surface area contributed by atoms with Crippen molar-refractivity contribution >= 4 is 5.91 Å². The minimum Gasteiger partial charge on any atom is -0.419 e. The number of pyridine rings is 1. The van der Waals surface area contributed by atoms with Crippen molar-refractivity contribution < 1.29 is 9.21 Å². The molecule has 3 heterocycles. The molecule has 8 nitrogen and oxygen atoms in total. The van der Waals surface area contributed by atoms with Crippen molar-refractivity contribution in [1.82, 2.24) is 30.3 Å². The van der Waals surface area contributed by atoms with Crippen LogP contribution in [0.15, 0.2) is 35.0 Å². The fourth-order valence-corrected chi connectivity index (χ4v) is 3.84. The highest BCUT2D eigenvalue weighted by molar-refractivity contribution is 5.94. The first-order chi connectivity index (χ1) is 14.1. The Bertz CT molecular complexity index is 957. The van der Waals surface area contributed by atoms with Crippen molar-refractivity contribution in [2.24, 2.45) is 5.92 Å². The molecular formula is C21H26N6O2. The normalized spacial score (nSPS) is 19.2. The molecule has 0 unspecified atom stereocenters. The van der Waals surface area contributed by atoms with Crippen LogP contribution in [-0.2, 0) is 6.54 Å². The first-order valence-corrected chi connectivity index (χ1v) is 10.2. The summed E-state index contributed by atoms with van der Waals surface area (Å²) in [6.45, 7) is 5.33. The molecule has 0 radical (unpaired) electrons. The lowest BCUT2D eigenvalue weighted by Crippen LogP contribution is -2.31. The zero-order valence-corrected chi connectivity index (χ0v) is 16.8. The summed E-state index contributed by atoms with van der Waals surface area (Å²) in [6, 6.07) is 5.63. The van der Waals surface area contributed by atoms with Gasteiger partial charge in [0, 0.05) is 31.4 Å². The summed E-state index contributed by atoms with van der Waals surface area (Å²) < 4.78 is 7.65. The molecule has 1 aliphatic carbocycles. The van der Waals surface area contributed by atoms with Gasteiger partial charge in [0.25, 0.3) is 11.8 Å². The van der Waals surface area contributed by atoms with E-state index in [0.29, 0.717) is 35.5 Å². The minimum atomic E-state index is -0.0405. The Morgan fingerprint density at radius 3 is 2.76 bits per heavy atom. The highest BCUT2D eigenvalue weighted by Crippen LogP contribution is 2.35. The molecule has 29 heavy (non-hydrogen) atoms. The molecule has 0 saturated heterocycles. The summed E-state index contributed by atoms with van der Waals surface area (Å²) in [6.07, 6.45) is 7.55. The summed E-state index contributed by atoms with van der Waals surface area (Å²) in [5.41, 5.74) is 2.13. The van der Waals surface area contributed by atoms with E-state index in [2.05, 4.69) is 25.6 Å². The maximum absolute atomic E-state index is 12.5. The Morgan fingerprint density at radius 1 is 1.24 bits per heavy atom.